The van der Waals surface area contributed by atoms with E-state index < -0.39 is 24.5 Å². The Labute approximate surface area is 125 Å². The van der Waals surface area contributed by atoms with Crippen molar-refractivity contribution in [1.29, 1.82) is 0 Å². The van der Waals surface area contributed by atoms with Crippen molar-refractivity contribution in [2.75, 3.05) is 13.7 Å². The van der Waals surface area contributed by atoms with Gasteiger partial charge in [-0.15, -0.1) is 0 Å². The number of rotatable bonds is 5. The lowest BCUT2D eigenvalue weighted by atomic mass is 10.2. The molecular weight excluding hydrogens is 293 g/mol. The number of benzene rings is 1. The van der Waals surface area contributed by atoms with Crippen LogP contribution in [0.4, 0.5) is 4.39 Å². The van der Waals surface area contributed by atoms with Gasteiger partial charge in [0.25, 0.3) is 5.91 Å². The number of methoxy groups -OCH3 is 1. The molecule has 0 spiro atoms. The van der Waals surface area contributed by atoms with Gasteiger partial charge in [0.15, 0.2) is 11.8 Å². The van der Waals surface area contributed by atoms with E-state index in [0.717, 1.165) is 7.11 Å². The third-order valence-electron chi connectivity index (χ3n) is 2.93. The average molecular weight is 307 g/mol. The van der Waals surface area contributed by atoms with E-state index >= 15 is 0 Å². The summed E-state index contributed by atoms with van der Waals surface area (Å²) in [4.78, 5) is 23.3. The number of halogens is 1. The maximum Gasteiger partial charge on any atom is 0.330 e. The van der Waals surface area contributed by atoms with Crippen LogP contribution in [0, 0.1) is 5.82 Å². The Kier molecular flexibility index (Phi) is 4.90. The molecule has 116 valence electrons. The Morgan fingerprint density at radius 2 is 1.95 bits per heavy atom. The highest BCUT2D eigenvalue weighted by molar-refractivity contribution is 5.95. The Morgan fingerprint density at radius 3 is 2.55 bits per heavy atom. The molecule has 0 unspecified atom stereocenters. The molecule has 1 atom stereocenters. The van der Waals surface area contributed by atoms with Crippen molar-refractivity contribution in [2.24, 2.45) is 0 Å². The van der Waals surface area contributed by atoms with Crippen LogP contribution in [0.1, 0.15) is 10.6 Å². The second kappa shape index (κ2) is 6.86. The lowest BCUT2D eigenvalue weighted by Crippen LogP contribution is -2.43. The van der Waals surface area contributed by atoms with Crippen LogP contribution < -0.4 is 5.32 Å². The zero-order valence-corrected chi connectivity index (χ0v) is 11.7. The van der Waals surface area contributed by atoms with Crippen LogP contribution in [0.15, 0.2) is 40.8 Å². The van der Waals surface area contributed by atoms with Crippen LogP contribution in [0.3, 0.4) is 0 Å². The van der Waals surface area contributed by atoms with Gasteiger partial charge >= 0.3 is 5.97 Å². The first kappa shape index (κ1) is 15.7. The molecular formula is C15H14FNO5. The predicted molar refractivity (Wildman–Crippen MR) is 74.5 cm³/mol. The van der Waals surface area contributed by atoms with Crippen molar-refractivity contribution in [3.05, 3.63) is 48.0 Å². The summed E-state index contributed by atoms with van der Waals surface area (Å²) >= 11 is 0. The molecule has 2 rings (SSSR count). The molecule has 0 saturated carbocycles. The molecule has 6 nitrogen and oxygen atoms in total. The lowest BCUT2D eigenvalue weighted by Gasteiger charge is -2.12. The smallest absolute Gasteiger partial charge is 0.330 e. The molecule has 1 heterocycles. The molecule has 0 aliphatic carbocycles. The number of aliphatic hydroxyl groups excluding tert-OH is 1. The molecule has 0 aliphatic rings. The first-order valence-corrected chi connectivity index (χ1v) is 6.40. The second-order valence-electron chi connectivity index (χ2n) is 4.40. The van der Waals surface area contributed by atoms with Crippen molar-refractivity contribution in [1.82, 2.24) is 5.32 Å². The quantitative estimate of drug-likeness (QED) is 0.814. The van der Waals surface area contributed by atoms with Crippen LogP contribution in [-0.2, 0) is 9.53 Å². The van der Waals surface area contributed by atoms with Gasteiger partial charge in [0.1, 0.15) is 11.6 Å². The van der Waals surface area contributed by atoms with Crippen LogP contribution in [-0.4, -0.2) is 36.7 Å². The summed E-state index contributed by atoms with van der Waals surface area (Å²) in [7, 11) is 1.15. The molecule has 1 aromatic carbocycles. The first-order valence-electron chi connectivity index (χ1n) is 6.40. The van der Waals surface area contributed by atoms with Gasteiger partial charge in [-0.1, -0.05) is 0 Å². The van der Waals surface area contributed by atoms with Crippen molar-refractivity contribution in [3.63, 3.8) is 0 Å². The summed E-state index contributed by atoms with van der Waals surface area (Å²) in [5, 5.41) is 11.3. The predicted octanol–water partition coefficient (Wildman–Crippen LogP) is 1.35. The number of esters is 1. The van der Waals surface area contributed by atoms with E-state index in [1.807, 2.05) is 0 Å². The molecule has 0 aliphatic heterocycles. The third-order valence-corrected chi connectivity index (χ3v) is 2.93. The molecule has 2 N–H and O–H groups in total. The minimum absolute atomic E-state index is 0.0401. The van der Waals surface area contributed by atoms with Gasteiger partial charge in [-0.3, -0.25) is 4.79 Å². The first-order chi connectivity index (χ1) is 10.5. The van der Waals surface area contributed by atoms with Crippen LogP contribution in [0.2, 0.25) is 0 Å². The van der Waals surface area contributed by atoms with E-state index in [9.17, 15) is 14.0 Å². The molecule has 1 aromatic heterocycles. The summed E-state index contributed by atoms with van der Waals surface area (Å²) in [5.41, 5.74) is 0.604. The summed E-state index contributed by atoms with van der Waals surface area (Å²) in [6, 6.07) is 7.38. The SMILES string of the molecule is COC(=O)[C@@H](CO)NC(=O)c1ccc(-c2ccc(F)cc2)o1. The molecule has 0 radical (unpaired) electrons. The Balaban J connectivity index is 2.12. The highest BCUT2D eigenvalue weighted by Gasteiger charge is 2.22. The molecule has 0 fully saturated rings. The normalized spacial score (nSPS) is 11.8. The number of aliphatic hydroxyl groups is 1. The minimum atomic E-state index is -1.17. The topological polar surface area (TPSA) is 88.8 Å². The molecule has 7 heteroatoms. The number of furan rings is 1. The number of amides is 1. The highest BCUT2D eigenvalue weighted by Crippen LogP contribution is 2.22. The van der Waals surface area contributed by atoms with Gasteiger partial charge in [0, 0.05) is 5.56 Å². The van der Waals surface area contributed by atoms with Gasteiger partial charge in [0.05, 0.1) is 13.7 Å². The van der Waals surface area contributed by atoms with E-state index in [2.05, 4.69) is 10.1 Å². The monoisotopic (exact) mass is 307 g/mol. The van der Waals surface area contributed by atoms with Gasteiger partial charge in [-0.2, -0.15) is 0 Å². The van der Waals surface area contributed by atoms with Crippen LogP contribution in [0.5, 0.6) is 0 Å². The van der Waals surface area contributed by atoms with Crippen molar-refractivity contribution < 1.29 is 28.2 Å². The molecule has 0 bridgehead atoms. The maximum absolute atomic E-state index is 12.9. The summed E-state index contributed by atoms with van der Waals surface area (Å²) in [6.07, 6.45) is 0. The van der Waals surface area contributed by atoms with E-state index in [1.54, 1.807) is 6.07 Å². The van der Waals surface area contributed by atoms with E-state index in [-0.39, 0.29) is 11.6 Å². The van der Waals surface area contributed by atoms with Crippen LogP contribution in [0.25, 0.3) is 11.3 Å². The van der Waals surface area contributed by atoms with Gasteiger partial charge in [-0.25, -0.2) is 9.18 Å². The minimum Gasteiger partial charge on any atom is -0.467 e. The number of hydrogen-bond acceptors (Lipinski definition) is 5. The number of nitrogens with one attached hydrogen (secondary N) is 1. The van der Waals surface area contributed by atoms with Crippen molar-refractivity contribution in [2.45, 2.75) is 6.04 Å². The van der Waals surface area contributed by atoms with Gasteiger partial charge in [0.2, 0.25) is 0 Å². The zero-order valence-electron chi connectivity index (χ0n) is 11.7. The summed E-state index contributed by atoms with van der Waals surface area (Å²) < 4.78 is 22.7. The standard InChI is InChI=1S/C15H14FNO5/c1-21-15(20)11(8-18)17-14(19)13-7-6-12(22-13)9-2-4-10(16)5-3-9/h2-7,11,18H,8H2,1H3,(H,17,19)/t11-/m1/s1. The van der Waals surface area contributed by atoms with E-state index in [0.29, 0.717) is 11.3 Å². The van der Waals surface area contributed by atoms with E-state index in [4.69, 9.17) is 9.52 Å². The zero-order chi connectivity index (χ0) is 16.1. The maximum atomic E-state index is 12.9. The number of hydrogen-bond donors (Lipinski definition) is 2. The van der Waals surface area contributed by atoms with Crippen molar-refractivity contribution in [3.8, 4) is 11.3 Å². The van der Waals surface area contributed by atoms with Gasteiger partial charge in [-0.05, 0) is 36.4 Å². The number of ether oxygens (including phenoxy) is 1. The number of carbonyl (C=O) groups is 2. The molecule has 22 heavy (non-hydrogen) atoms. The Hall–Kier alpha value is -2.67. The fourth-order valence-electron chi connectivity index (χ4n) is 1.78. The fourth-order valence-corrected chi connectivity index (χ4v) is 1.78. The highest BCUT2D eigenvalue weighted by atomic mass is 19.1. The van der Waals surface area contributed by atoms with Crippen LogP contribution >= 0.6 is 0 Å². The largest absolute Gasteiger partial charge is 0.467 e. The van der Waals surface area contributed by atoms with Crippen molar-refractivity contribution >= 4 is 11.9 Å². The third kappa shape index (κ3) is 3.50. The van der Waals surface area contributed by atoms with E-state index in [1.165, 1.54) is 30.3 Å². The lowest BCUT2D eigenvalue weighted by molar-refractivity contribution is -0.143. The molecule has 0 saturated heterocycles. The second-order valence-corrected chi connectivity index (χ2v) is 4.40. The molecule has 2 aromatic rings. The van der Waals surface area contributed by atoms with Gasteiger partial charge < -0.3 is 19.6 Å². The molecule has 1 amide bonds. The summed E-state index contributed by atoms with van der Waals surface area (Å²) in [5.74, 6) is -1.47. The average Bonchev–Trinajstić information content (AvgIpc) is 3.02. The number of carbonyl (C=O) groups excluding carboxylic acids is 2. The fraction of sp³-hybridized carbons (Fsp3) is 0.200. The Morgan fingerprint density at radius 1 is 1.27 bits per heavy atom. The summed E-state index contributed by atoms with van der Waals surface area (Å²) in [6.45, 7) is -0.593. The Bertz CT molecular complexity index is 665.